The highest BCUT2D eigenvalue weighted by Gasteiger charge is 2.24. The molecular weight excluding hydrogens is 206 g/mol. The molecule has 1 fully saturated rings. The fourth-order valence-corrected chi connectivity index (χ4v) is 1.99. The van der Waals surface area contributed by atoms with Crippen LogP contribution in [0.3, 0.4) is 0 Å². The molecule has 0 saturated heterocycles. The van der Waals surface area contributed by atoms with Gasteiger partial charge in [-0.05, 0) is 25.0 Å². The van der Waals surface area contributed by atoms with Gasteiger partial charge in [0.15, 0.2) is 5.65 Å². The summed E-state index contributed by atoms with van der Waals surface area (Å²) in [5, 5.41) is 17.0. The molecular formula is C11H11N3O2. The monoisotopic (exact) mass is 217 g/mol. The van der Waals surface area contributed by atoms with E-state index in [2.05, 4.69) is 10.2 Å². The van der Waals surface area contributed by atoms with E-state index in [0.717, 1.165) is 18.7 Å². The molecule has 0 aliphatic heterocycles. The average Bonchev–Trinajstić information content (AvgIpc) is 2.59. The molecule has 0 bridgehead atoms. The molecule has 2 aromatic heterocycles. The van der Waals surface area contributed by atoms with Crippen LogP contribution in [0.4, 0.5) is 0 Å². The number of hydrogen-bond donors (Lipinski definition) is 1. The molecule has 0 aromatic carbocycles. The van der Waals surface area contributed by atoms with E-state index in [1.165, 1.54) is 6.42 Å². The van der Waals surface area contributed by atoms with E-state index in [4.69, 9.17) is 5.11 Å². The number of rotatable bonds is 2. The third kappa shape index (κ3) is 1.28. The van der Waals surface area contributed by atoms with Gasteiger partial charge >= 0.3 is 5.97 Å². The lowest BCUT2D eigenvalue weighted by Crippen LogP contribution is -2.12. The van der Waals surface area contributed by atoms with Crippen LogP contribution < -0.4 is 0 Å². The number of pyridine rings is 1. The highest BCUT2D eigenvalue weighted by atomic mass is 16.4. The van der Waals surface area contributed by atoms with Crippen molar-refractivity contribution in [2.45, 2.75) is 25.2 Å². The zero-order chi connectivity index (χ0) is 11.1. The summed E-state index contributed by atoms with van der Waals surface area (Å²) < 4.78 is 1.89. The van der Waals surface area contributed by atoms with E-state index < -0.39 is 5.97 Å². The lowest BCUT2D eigenvalue weighted by atomic mass is 9.85. The predicted octanol–water partition coefficient (Wildman–Crippen LogP) is 1.70. The molecule has 0 radical (unpaired) electrons. The predicted molar refractivity (Wildman–Crippen MR) is 56.5 cm³/mol. The van der Waals surface area contributed by atoms with Gasteiger partial charge in [-0.2, -0.15) is 0 Å². The van der Waals surface area contributed by atoms with E-state index in [0.29, 0.717) is 11.6 Å². The topological polar surface area (TPSA) is 67.5 Å². The first kappa shape index (κ1) is 9.33. The van der Waals surface area contributed by atoms with Crippen LogP contribution in [0.15, 0.2) is 18.3 Å². The first-order valence-corrected chi connectivity index (χ1v) is 5.33. The molecule has 1 saturated carbocycles. The fraction of sp³-hybridized carbons (Fsp3) is 0.364. The Hall–Kier alpha value is -1.91. The Bertz CT molecular complexity index is 557. The Kier molecular flexibility index (Phi) is 1.92. The van der Waals surface area contributed by atoms with Gasteiger partial charge in [0.25, 0.3) is 0 Å². The Morgan fingerprint density at radius 3 is 2.88 bits per heavy atom. The van der Waals surface area contributed by atoms with Gasteiger partial charge in [0.2, 0.25) is 0 Å². The summed E-state index contributed by atoms with van der Waals surface area (Å²) in [7, 11) is 0. The lowest BCUT2D eigenvalue weighted by molar-refractivity contribution is 0.0697. The maximum atomic E-state index is 10.8. The third-order valence-corrected chi connectivity index (χ3v) is 3.15. The largest absolute Gasteiger partial charge is 0.478 e. The van der Waals surface area contributed by atoms with Crippen molar-refractivity contribution in [3.05, 3.63) is 29.7 Å². The highest BCUT2D eigenvalue weighted by molar-refractivity contribution is 5.88. The molecule has 1 aliphatic rings. The molecule has 2 aromatic rings. The van der Waals surface area contributed by atoms with Crippen molar-refractivity contribution in [2.75, 3.05) is 0 Å². The molecule has 5 nitrogen and oxygen atoms in total. The zero-order valence-electron chi connectivity index (χ0n) is 8.63. The highest BCUT2D eigenvalue weighted by Crippen LogP contribution is 2.35. The summed E-state index contributed by atoms with van der Waals surface area (Å²) >= 11 is 0. The molecule has 3 rings (SSSR count). The van der Waals surface area contributed by atoms with Crippen molar-refractivity contribution in [1.29, 1.82) is 0 Å². The first-order valence-electron chi connectivity index (χ1n) is 5.33. The van der Waals surface area contributed by atoms with Gasteiger partial charge in [0.05, 0.1) is 5.56 Å². The van der Waals surface area contributed by atoms with Crippen LogP contribution in [0.5, 0.6) is 0 Å². The standard InChI is InChI=1S/C11H11N3O2/c15-11(16)8-4-5-14-9(6-8)12-13-10(14)7-2-1-3-7/h4-7H,1-3H2,(H,15,16). The summed E-state index contributed by atoms with van der Waals surface area (Å²) in [6, 6.07) is 3.14. The Morgan fingerprint density at radius 2 is 2.25 bits per heavy atom. The van der Waals surface area contributed by atoms with E-state index >= 15 is 0 Å². The summed E-state index contributed by atoms with van der Waals surface area (Å²) in [4.78, 5) is 10.8. The normalized spacial score (nSPS) is 16.2. The molecule has 1 aliphatic carbocycles. The second-order valence-corrected chi connectivity index (χ2v) is 4.13. The maximum Gasteiger partial charge on any atom is 0.335 e. The van der Waals surface area contributed by atoms with Crippen LogP contribution >= 0.6 is 0 Å². The van der Waals surface area contributed by atoms with Gasteiger partial charge in [-0.15, -0.1) is 10.2 Å². The summed E-state index contributed by atoms with van der Waals surface area (Å²) in [6.45, 7) is 0. The van der Waals surface area contributed by atoms with E-state index in [1.54, 1.807) is 18.3 Å². The van der Waals surface area contributed by atoms with Crippen LogP contribution in [0, 0.1) is 0 Å². The minimum absolute atomic E-state index is 0.250. The van der Waals surface area contributed by atoms with E-state index in [-0.39, 0.29) is 5.56 Å². The van der Waals surface area contributed by atoms with Crippen LogP contribution in [-0.2, 0) is 0 Å². The second kappa shape index (κ2) is 3.30. The molecule has 0 spiro atoms. The van der Waals surface area contributed by atoms with Crippen molar-refractivity contribution in [1.82, 2.24) is 14.6 Å². The van der Waals surface area contributed by atoms with Crippen LogP contribution in [0.1, 0.15) is 41.4 Å². The van der Waals surface area contributed by atoms with Gasteiger partial charge in [0.1, 0.15) is 5.82 Å². The Balaban J connectivity index is 2.10. The molecule has 0 unspecified atom stereocenters. The SMILES string of the molecule is O=C(O)c1ccn2c(C3CCC3)nnc2c1. The quantitative estimate of drug-likeness (QED) is 0.831. The number of hydrogen-bond acceptors (Lipinski definition) is 3. The number of fused-ring (bicyclic) bond motifs is 1. The van der Waals surface area contributed by atoms with Gasteiger partial charge < -0.3 is 5.11 Å². The summed E-state index contributed by atoms with van der Waals surface area (Å²) in [5.41, 5.74) is 0.863. The van der Waals surface area contributed by atoms with Crippen LogP contribution in [0.2, 0.25) is 0 Å². The first-order chi connectivity index (χ1) is 7.75. The zero-order valence-corrected chi connectivity index (χ0v) is 8.63. The summed E-state index contributed by atoms with van der Waals surface area (Å²) in [5.74, 6) is 0.513. The van der Waals surface area contributed by atoms with E-state index in [1.807, 2.05) is 4.40 Å². The smallest absolute Gasteiger partial charge is 0.335 e. The fourth-order valence-electron chi connectivity index (χ4n) is 1.99. The Labute approximate surface area is 91.7 Å². The minimum Gasteiger partial charge on any atom is -0.478 e. The van der Waals surface area contributed by atoms with Crippen molar-refractivity contribution in [3.8, 4) is 0 Å². The average molecular weight is 217 g/mol. The van der Waals surface area contributed by atoms with Gasteiger partial charge in [-0.1, -0.05) is 6.42 Å². The van der Waals surface area contributed by atoms with Crippen molar-refractivity contribution in [3.63, 3.8) is 0 Å². The van der Waals surface area contributed by atoms with Gasteiger partial charge in [0, 0.05) is 12.1 Å². The number of aromatic carboxylic acids is 1. The molecule has 1 N–H and O–H groups in total. The number of carbonyl (C=O) groups is 1. The molecule has 2 heterocycles. The van der Waals surface area contributed by atoms with Gasteiger partial charge in [-0.25, -0.2) is 4.79 Å². The molecule has 0 atom stereocenters. The van der Waals surface area contributed by atoms with Crippen molar-refractivity contribution in [2.24, 2.45) is 0 Å². The number of nitrogens with zero attached hydrogens (tertiary/aromatic N) is 3. The molecule has 16 heavy (non-hydrogen) atoms. The Morgan fingerprint density at radius 1 is 1.44 bits per heavy atom. The van der Waals surface area contributed by atoms with Crippen molar-refractivity contribution >= 4 is 11.6 Å². The van der Waals surface area contributed by atoms with Crippen molar-refractivity contribution < 1.29 is 9.90 Å². The number of carboxylic acid groups (broad SMARTS) is 1. The second-order valence-electron chi connectivity index (χ2n) is 4.13. The number of carboxylic acids is 1. The maximum absolute atomic E-state index is 10.8. The number of aromatic nitrogens is 3. The van der Waals surface area contributed by atoms with Crippen LogP contribution in [-0.4, -0.2) is 25.7 Å². The van der Waals surface area contributed by atoms with E-state index in [9.17, 15) is 4.79 Å². The lowest BCUT2D eigenvalue weighted by Gasteiger charge is -2.23. The minimum atomic E-state index is -0.935. The third-order valence-electron chi connectivity index (χ3n) is 3.15. The molecule has 0 amide bonds. The molecule has 5 heteroatoms. The van der Waals surface area contributed by atoms with Crippen LogP contribution in [0.25, 0.3) is 5.65 Å². The van der Waals surface area contributed by atoms with Gasteiger partial charge in [-0.3, -0.25) is 4.40 Å². The summed E-state index contributed by atoms with van der Waals surface area (Å²) in [6.07, 6.45) is 5.29. The molecule has 82 valence electrons.